The van der Waals surface area contributed by atoms with Gasteiger partial charge in [0, 0.05) is 6.08 Å². The molecule has 6 nitrogen and oxygen atoms in total. The zero-order valence-corrected chi connectivity index (χ0v) is 16.0. The zero-order valence-electron chi connectivity index (χ0n) is 16.0. The van der Waals surface area contributed by atoms with Gasteiger partial charge in [-0.05, 0) is 41.0 Å². The van der Waals surface area contributed by atoms with Crippen molar-refractivity contribution in [3.05, 3.63) is 64.2 Å². The fraction of sp³-hybridized carbons (Fsp3) is 0.500. The highest BCUT2D eigenvalue weighted by molar-refractivity contribution is 5.42. The minimum atomic E-state index is -2.26. The van der Waals surface area contributed by atoms with Gasteiger partial charge in [0.15, 0.2) is 6.04 Å². The second-order valence-corrected chi connectivity index (χ2v) is 8.62. The first-order chi connectivity index (χ1) is 11.9. The molecule has 0 bridgehead atoms. The van der Waals surface area contributed by atoms with Crippen LogP contribution in [0.2, 0.25) is 0 Å². The molecular weight excluding hydrogens is 330 g/mol. The molecule has 140 valence electrons. The summed E-state index contributed by atoms with van der Waals surface area (Å²) in [4.78, 5) is 10.4. The number of benzene rings is 1. The summed E-state index contributed by atoms with van der Waals surface area (Å²) in [5.41, 5.74) is -0.381. The molecule has 0 aliphatic heterocycles. The Bertz CT molecular complexity index is 760. The Morgan fingerprint density at radius 3 is 2.54 bits per heavy atom. The summed E-state index contributed by atoms with van der Waals surface area (Å²) in [7, 11) is 0. The summed E-state index contributed by atoms with van der Waals surface area (Å²) in [6, 6.07) is 6.65. The first kappa shape index (κ1) is 20.0. The molecule has 0 amide bonds. The quantitative estimate of drug-likeness (QED) is 0.350. The van der Waals surface area contributed by atoms with E-state index < -0.39 is 16.7 Å². The van der Waals surface area contributed by atoms with Gasteiger partial charge in [0.25, 0.3) is 0 Å². The molecule has 1 N–H and O–H groups in total. The Labute approximate surface area is 154 Å². The molecule has 26 heavy (non-hydrogen) atoms. The van der Waals surface area contributed by atoms with Crippen LogP contribution in [0.3, 0.4) is 0 Å². The van der Waals surface area contributed by atoms with Crippen molar-refractivity contribution in [1.29, 1.82) is 0 Å². The largest absolute Gasteiger partial charge is 0.370 e. The second-order valence-electron chi connectivity index (χ2n) is 8.62. The standard InChI is InChI=1S/C20H27N3O3/c1-18(2,3)14-19(4,5)15-9-8-10-16(13-15)21-22-17-11-6-7-12-20(17,24)23(25)26/h6-13,17,24H,14H2,1-5H3. The van der Waals surface area contributed by atoms with Crippen molar-refractivity contribution in [3.8, 4) is 0 Å². The summed E-state index contributed by atoms with van der Waals surface area (Å²) in [6.45, 7) is 11.0. The number of hydrogen-bond donors (Lipinski definition) is 1. The number of aliphatic hydroxyl groups is 1. The van der Waals surface area contributed by atoms with E-state index in [0.29, 0.717) is 5.69 Å². The van der Waals surface area contributed by atoms with Crippen molar-refractivity contribution in [3.63, 3.8) is 0 Å². The van der Waals surface area contributed by atoms with E-state index in [1.165, 1.54) is 12.2 Å². The predicted molar refractivity (Wildman–Crippen MR) is 102 cm³/mol. The molecule has 2 rings (SSSR count). The molecule has 1 aliphatic carbocycles. The van der Waals surface area contributed by atoms with Crippen molar-refractivity contribution in [2.75, 3.05) is 0 Å². The molecule has 6 heteroatoms. The molecule has 0 spiro atoms. The van der Waals surface area contributed by atoms with Crippen LogP contribution in [0.5, 0.6) is 0 Å². The summed E-state index contributed by atoms with van der Waals surface area (Å²) < 4.78 is 0. The molecule has 1 aliphatic rings. The summed E-state index contributed by atoms with van der Waals surface area (Å²) >= 11 is 0. The number of nitro groups is 1. The molecule has 0 saturated heterocycles. The van der Waals surface area contributed by atoms with Crippen LogP contribution in [0.4, 0.5) is 5.69 Å². The molecule has 0 saturated carbocycles. The number of allylic oxidation sites excluding steroid dienone is 2. The highest BCUT2D eigenvalue weighted by atomic mass is 16.7. The lowest BCUT2D eigenvalue weighted by atomic mass is 9.72. The third-order valence-corrected chi connectivity index (χ3v) is 4.37. The Balaban J connectivity index is 2.26. The van der Waals surface area contributed by atoms with Crippen molar-refractivity contribution < 1.29 is 10.0 Å². The molecule has 0 radical (unpaired) electrons. The lowest BCUT2D eigenvalue weighted by Gasteiger charge is -2.33. The van der Waals surface area contributed by atoms with Crippen LogP contribution in [0.25, 0.3) is 0 Å². The van der Waals surface area contributed by atoms with E-state index in [0.717, 1.165) is 18.1 Å². The number of azo groups is 1. The van der Waals surface area contributed by atoms with Gasteiger partial charge in [0.1, 0.15) is 0 Å². The Morgan fingerprint density at radius 2 is 1.92 bits per heavy atom. The summed E-state index contributed by atoms with van der Waals surface area (Å²) in [5.74, 6) is 0. The van der Waals surface area contributed by atoms with E-state index in [9.17, 15) is 15.2 Å². The van der Waals surface area contributed by atoms with E-state index in [2.05, 4.69) is 50.9 Å². The average Bonchev–Trinajstić information content (AvgIpc) is 2.52. The van der Waals surface area contributed by atoms with Gasteiger partial charge in [-0.25, -0.2) is 0 Å². The van der Waals surface area contributed by atoms with E-state index in [4.69, 9.17) is 0 Å². The first-order valence-electron chi connectivity index (χ1n) is 8.68. The lowest BCUT2D eigenvalue weighted by Crippen LogP contribution is -2.46. The SMILES string of the molecule is CC(C)(C)CC(C)(C)c1cccc(N=NC2C=CC=CC2(O)[N+](=O)[O-])c1. The fourth-order valence-electron chi connectivity index (χ4n) is 3.44. The van der Waals surface area contributed by atoms with Crippen molar-refractivity contribution in [2.45, 2.75) is 58.2 Å². The molecule has 2 unspecified atom stereocenters. The van der Waals surface area contributed by atoms with Crippen molar-refractivity contribution >= 4 is 5.69 Å². The maximum Gasteiger partial charge on any atom is 0.370 e. The van der Waals surface area contributed by atoms with E-state index >= 15 is 0 Å². The van der Waals surface area contributed by atoms with E-state index in [1.807, 2.05) is 12.1 Å². The maximum absolute atomic E-state index is 11.2. The van der Waals surface area contributed by atoms with Gasteiger partial charge in [-0.15, -0.1) is 0 Å². The number of rotatable bonds is 5. The highest BCUT2D eigenvalue weighted by Crippen LogP contribution is 2.37. The highest BCUT2D eigenvalue weighted by Gasteiger charge is 2.47. The smallest absolute Gasteiger partial charge is 0.325 e. The van der Waals surface area contributed by atoms with Crippen LogP contribution < -0.4 is 0 Å². The van der Waals surface area contributed by atoms with Crippen LogP contribution in [0.15, 0.2) is 58.8 Å². The fourth-order valence-corrected chi connectivity index (χ4v) is 3.44. The minimum absolute atomic E-state index is 0.0428. The summed E-state index contributed by atoms with van der Waals surface area (Å²) in [5, 5.41) is 29.6. The van der Waals surface area contributed by atoms with Crippen LogP contribution >= 0.6 is 0 Å². The molecule has 0 aromatic heterocycles. The topological polar surface area (TPSA) is 88.1 Å². The van der Waals surface area contributed by atoms with Crippen LogP contribution in [0.1, 0.15) is 46.6 Å². The van der Waals surface area contributed by atoms with Gasteiger partial charge < -0.3 is 5.11 Å². The van der Waals surface area contributed by atoms with Crippen LogP contribution in [-0.4, -0.2) is 21.8 Å². The predicted octanol–water partition coefficient (Wildman–Crippen LogP) is 4.94. The minimum Gasteiger partial charge on any atom is -0.325 e. The Morgan fingerprint density at radius 1 is 1.23 bits per heavy atom. The first-order valence-corrected chi connectivity index (χ1v) is 8.68. The van der Waals surface area contributed by atoms with Gasteiger partial charge in [-0.3, -0.25) is 10.1 Å². The normalized spacial score (nSPS) is 23.5. The lowest BCUT2D eigenvalue weighted by molar-refractivity contribution is -0.609. The molecule has 2 atom stereocenters. The van der Waals surface area contributed by atoms with Crippen molar-refractivity contribution in [1.82, 2.24) is 0 Å². The molecular formula is C20H27N3O3. The van der Waals surface area contributed by atoms with Gasteiger partial charge in [-0.2, -0.15) is 10.2 Å². The van der Waals surface area contributed by atoms with Crippen LogP contribution in [0, 0.1) is 15.5 Å². The molecule has 1 aromatic rings. The van der Waals surface area contributed by atoms with Gasteiger partial charge in [-0.1, -0.05) is 58.9 Å². The van der Waals surface area contributed by atoms with Gasteiger partial charge >= 0.3 is 5.72 Å². The van der Waals surface area contributed by atoms with Gasteiger partial charge in [0.2, 0.25) is 0 Å². The number of nitrogens with zero attached hydrogens (tertiary/aromatic N) is 3. The molecule has 0 fully saturated rings. The molecule has 0 heterocycles. The Kier molecular flexibility index (Phi) is 5.47. The summed E-state index contributed by atoms with van der Waals surface area (Å²) in [6.07, 6.45) is 6.64. The third kappa shape index (κ3) is 4.64. The maximum atomic E-state index is 11.2. The average molecular weight is 357 g/mol. The Hall–Kier alpha value is -2.34. The van der Waals surface area contributed by atoms with E-state index in [-0.39, 0.29) is 10.8 Å². The second kappa shape index (κ2) is 7.11. The third-order valence-electron chi connectivity index (χ3n) is 4.37. The van der Waals surface area contributed by atoms with Crippen LogP contribution in [-0.2, 0) is 5.41 Å². The van der Waals surface area contributed by atoms with Gasteiger partial charge in [0.05, 0.1) is 10.6 Å². The monoisotopic (exact) mass is 357 g/mol. The number of hydrogen-bond acceptors (Lipinski definition) is 5. The van der Waals surface area contributed by atoms with Crippen molar-refractivity contribution in [2.24, 2.45) is 15.6 Å². The zero-order chi connectivity index (χ0) is 19.6. The van der Waals surface area contributed by atoms with E-state index in [1.54, 1.807) is 12.1 Å². The molecule has 1 aromatic carbocycles.